The predicted octanol–water partition coefficient (Wildman–Crippen LogP) is 0.371. The minimum atomic E-state index is -1.58. The van der Waals surface area contributed by atoms with Crippen LogP contribution in [0.2, 0.25) is 0 Å². The Morgan fingerprint density at radius 3 is 2.32 bits per heavy atom. The van der Waals surface area contributed by atoms with Gasteiger partial charge in [0.05, 0.1) is 25.8 Å². The van der Waals surface area contributed by atoms with Crippen molar-refractivity contribution in [1.29, 1.82) is 0 Å². The predicted molar refractivity (Wildman–Crippen MR) is 114 cm³/mol. The van der Waals surface area contributed by atoms with Crippen LogP contribution in [0.5, 0.6) is 0 Å². The standard InChI is InChI=1S/C21H29N3O10/c1-2-18(27)32-13-11-30-8-4-9-31-12-14-34-20(29)22-7-10-33-19(28)21(24-16-26)6-3-5-17(21)23-15-25/h2,17H,1,3-14H2,(H,22,29). The van der Waals surface area contributed by atoms with Crippen LogP contribution in [-0.4, -0.2) is 94.6 Å². The van der Waals surface area contributed by atoms with Crippen LogP contribution in [0.4, 0.5) is 4.79 Å². The summed E-state index contributed by atoms with van der Waals surface area (Å²) in [6, 6.07) is -0.828. The second kappa shape index (κ2) is 17.2. The summed E-state index contributed by atoms with van der Waals surface area (Å²) in [4.78, 5) is 63.3. The topological polar surface area (TPSA) is 168 Å². The monoisotopic (exact) mass is 483 g/mol. The van der Waals surface area contributed by atoms with Gasteiger partial charge in [-0.15, -0.1) is 0 Å². The Morgan fingerprint density at radius 1 is 0.971 bits per heavy atom. The molecule has 0 aromatic rings. The molecule has 1 fully saturated rings. The molecule has 0 spiro atoms. The first-order valence-electron chi connectivity index (χ1n) is 10.7. The van der Waals surface area contributed by atoms with Gasteiger partial charge in [0, 0.05) is 19.3 Å². The molecule has 1 N–H and O–H groups in total. The number of hydrogen-bond acceptors (Lipinski definition) is 12. The van der Waals surface area contributed by atoms with Crippen molar-refractivity contribution in [3.05, 3.63) is 12.7 Å². The Hall–Kier alpha value is -3.37. The molecular weight excluding hydrogens is 454 g/mol. The van der Waals surface area contributed by atoms with Gasteiger partial charge >= 0.3 is 18.0 Å². The molecule has 1 aliphatic rings. The van der Waals surface area contributed by atoms with E-state index >= 15 is 0 Å². The molecule has 13 heteroatoms. The third-order valence-corrected chi connectivity index (χ3v) is 4.68. The van der Waals surface area contributed by atoms with Crippen LogP contribution in [0.1, 0.15) is 25.7 Å². The van der Waals surface area contributed by atoms with Crippen LogP contribution in [0, 0.1) is 0 Å². The number of aliphatic imine (C=N–C) groups is 2. The van der Waals surface area contributed by atoms with Crippen LogP contribution >= 0.6 is 0 Å². The van der Waals surface area contributed by atoms with Gasteiger partial charge in [-0.05, 0) is 25.7 Å². The number of nitrogens with zero attached hydrogens (tertiary/aromatic N) is 2. The minimum absolute atomic E-state index is 0.0204. The third kappa shape index (κ3) is 10.5. The van der Waals surface area contributed by atoms with E-state index in [9.17, 15) is 24.0 Å². The van der Waals surface area contributed by atoms with E-state index in [2.05, 4.69) is 21.9 Å². The Bertz CT molecular complexity index is 777. The van der Waals surface area contributed by atoms with Crippen LogP contribution in [0.3, 0.4) is 0 Å². The molecule has 0 aromatic heterocycles. The van der Waals surface area contributed by atoms with Crippen molar-refractivity contribution >= 4 is 30.2 Å². The lowest BCUT2D eigenvalue weighted by Crippen LogP contribution is -2.45. The van der Waals surface area contributed by atoms with Gasteiger partial charge in [0.1, 0.15) is 19.8 Å². The summed E-state index contributed by atoms with van der Waals surface area (Å²) in [7, 11) is 0. The summed E-state index contributed by atoms with van der Waals surface area (Å²) < 4.78 is 25.3. The largest absolute Gasteiger partial charge is 0.462 e. The molecule has 2 unspecified atom stereocenters. The number of ether oxygens (including phenoxy) is 5. The van der Waals surface area contributed by atoms with E-state index in [1.807, 2.05) is 0 Å². The third-order valence-electron chi connectivity index (χ3n) is 4.68. The highest BCUT2D eigenvalue weighted by Crippen LogP contribution is 2.36. The van der Waals surface area contributed by atoms with Gasteiger partial charge in [-0.2, -0.15) is 9.98 Å². The van der Waals surface area contributed by atoms with E-state index in [0.717, 1.165) is 6.08 Å². The van der Waals surface area contributed by atoms with Crippen molar-refractivity contribution in [3.8, 4) is 0 Å². The number of carbonyl (C=O) groups is 3. The molecule has 0 saturated heterocycles. The molecule has 2 atom stereocenters. The molecule has 0 aliphatic heterocycles. The van der Waals surface area contributed by atoms with Crippen LogP contribution in [0.25, 0.3) is 0 Å². The quantitative estimate of drug-likeness (QED) is 0.0762. The lowest BCUT2D eigenvalue weighted by Gasteiger charge is -2.24. The van der Waals surface area contributed by atoms with Gasteiger partial charge in [0.25, 0.3) is 0 Å². The highest BCUT2D eigenvalue weighted by atomic mass is 16.6. The summed E-state index contributed by atoms with van der Waals surface area (Å²) in [6.07, 6.45) is 4.81. The number of nitrogens with one attached hydrogen (secondary N) is 1. The van der Waals surface area contributed by atoms with Crippen molar-refractivity contribution in [2.45, 2.75) is 37.3 Å². The molecule has 0 bridgehead atoms. The zero-order valence-corrected chi connectivity index (χ0v) is 18.8. The normalized spacial score (nSPS) is 18.6. The molecule has 0 radical (unpaired) electrons. The minimum Gasteiger partial charge on any atom is -0.462 e. The Labute approximate surface area is 196 Å². The first-order valence-corrected chi connectivity index (χ1v) is 10.7. The molecule has 0 heterocycles. The van der Waals surface area contributed by atoms with Crippen molar-refractivity contribution in [3.63, 3.8) is 0 Å². The highest BCUT2D eigenvalue weighted by molar-refractivity contribution is 5.84. The van der Waals surface area contributed by atoms with Gasteiger partial charge in [-0.3, -0.25) is 0 Å². The second-order valence-corrected chi connectivity index (χ2v) is 6.90. The number of amides is 1. The van der Waals surface area contributed by atoms with Crippen molar-refractivity contribution in [2.24, 2.45) is 9.98 Å². The summed E-state index contributed by atoms with van der Waals surface area (Å²) in [5.74, 6) is -1.32. The van der Waals surface area contributed by atoms with Gasteiger partial charge in [-0.1, -0.05) is 6.58 Å². The maximum Gasteiger partial charge on any atom is 0.407 e. The fourth-order valence-corrected chi connectivity index (χ4v) is 3.09. The number of alkyl carbamates (subject to hydrolysis) is 1. The van der Waals surface area contributed by atoms with Crippen molar-refractivity contribution in [2.75, 3.05) is 52.8 Å². The smallest absolute Gasteiger partial charge is 0.407 e. The van der Waals surface area contributed by atoms with Gasteiger partial charge < -0.3 is 29.0 Å². The Kier molecular flexibility index (Phi) is 14.5. The van der Waals surface area contributed by atoms with E-state index in [-0.39, 0.29) is 46.0 Å². The Morgan fingerprint density at radius 2 is 1.68 bits per heavy atom. The lowest BCUT2D eigenvalue weighted by molar-refractivity contribution is -0.150. The first kappa shape index (κ1) is 28.7. The zero-order chi connectivity index (χ0) is 25.1. The number of isocyanates is 2. The number of hydrogen-bond donors (Lipinski definition) is 1. The molecule has 188 valence electrons. The lowest BCUT2D eigenvalue weighted by atomic mass is 9.94. The van der Waals surface area contributed by atoms with Crippen LogP contribution in [0.15, 0.2) is 22.6 Å². The molecule has 34 heavy (non-hydrogen) atoms. The number of carbonyl (C=O) groups excluding carboxylic acids is 5. The highest BCUT2D eigenvalue weighted by Gasteiger charge is 2.51. The molecular formula is C21H29N3O10. The molecule has 1 rings (SSSR count). The average molecular weight is 483 g/mol. The van der Waals surface area contributed by atoms with Crippen LogP contribution < -0.4 is 5.32 Å². The Balaban J connectivity index is 2.08. The van der Waals surface area contributed by atoms with E-state index in [1.165, 1.54) is 12.2 Å². The van der Waals surface area contributed by atoms with Crippen molar-refractivity contribution in [1.82, 2.24) is 5.32 Å². The molecule has 1 saturated carbocycles. The fraction of sp³-hybridized carbons (Fsp3) is 0.667. The first-order chi connectivity index (χ1) is 16.5. The summed E-state index contributed by atoms with van der Waals surface area (Å²) in [6.45, 7) is 4.50. The SMILES string of the molecule is C=CC(=O)OCCOCCCOCCOC(=O)NCCOC(=O)C1(N=C=O)CCCC1N=C=O. The van der Waals surface area contributed by atoms with E-state index in [1.54, 1.807) is 0 Å². The number of esters is 2. The number of rotatable bonds is 17. The van der Waals surface area contributed by atoms with Crippen molar-refractivity contribution < 1.29 is 47.7 Å². The second-order valence-electron chi connectivity index (χ2n) is 6.90. The maximum atomic E-state index is 12.4. The molecule has 1 aliphatic carbocycles. The average Bonchev–Trinajstić information content (AvgIpc) is 3.23. The van der Waals surface area contributed by atoms with Gasteiger partial charge in [0.15, 0.2) is 5.54 Å². The van der Waals surface area contributed by atoms with E-state index in [4.69, 9.17) is 23.7 Å². The van der Waals surface area contributed by atoms with Gasteiger partial charge in [0.2, 0.25) is 12.2 Å². The van der Waals surface area contributed by atoms with E-state index < -0.39 is 29.6 Å². The van der Waals surface area contributed by atoms with Gasteiger partial charge in [-0.25, -0.2) is 24.0 Å². The fourth-order valence-electron chi connectivity index (χ4n) is 3.09. The summed E-state index contributed by atoms with van der Waals surface area (Å²) in [5.41, 5.74) is -1.58. The molecule has 0 aromatic carbocycles. The molecule has 13 nitrogen and oxygen atoms in total. The molecule has 1 amide bonds. The van der Waals surface area contributed by atoms with E-state index in [0.29, 0.717) is 32.5 Å². The summed E-state index contributed by atoms with van der Waals surface area (Å²) >= 11 is 0. The summed E-state index contributed by atoms with van der Waals surface area (Å²) in [5, 5.41) is 2.40. The zero-order valence-electron chi connectivity index (χ0n) is 18.8. The maximum absolute atomic E-state index is 12.4. The van der Waals surface area contributed by atoms with Crippen LogP contribution in [-0.2, 0) is 42.9 Å².